The summed E-state index contributed by atoms with van der Waals surface area (Å²) >= 11 is 0. The Balaban J connectivity index is 1.58. The zero-order valence-corrected chi connectivity index (χ0v) is 12.8. The molecule has 20 heavy (non-hydrogen) atoms. The second-order valence-electron chi connectivity index (χ2n) is 7.43. The average molecular weight is 280 g/mol. The molecule has 0 spiro atoms. The fourth-order valence-electron chi connectivity index (χ4n) is 4.82. The van der Waals surface area contributed by atoms with E-state index in [1.807, 2.05) is 13.8 Å². The summed E-state index contributed by atoms with van der Waals surface area (Å²) in [4.78, 5) is 11.9. The molecule has 0 radical (unpaired) electrons. The molecule has 5 unspecified atom stereocenters. The summed E-state index contributed by atoms with van der Waals surface area (Å²) in [7, 11) is 0. The second kappa shape index (κ2) is 5.32. The van der Waals surface area contributed by atoms with Crippen LogP contribution in [0.5, 0.6) is 0 Å². The van der Waals surface area contributed by atoms with E-state index in [4.69, 9.17) is 4.74 Å². The molecule has 0 heterocycles. The van der Waals surface area contributed by atoms with Crippen molar-refractivity contribution in [2.24, 2.45) is 23.7 Å². The summed E-state index contributed by atoms with van der Waals surface area (Å²) in [6.45, 7) is 3.97. The van der Waals surface area contributed by atoms with Crippen LogP contribution in [0.4, 0.5) is 0 Å². The maximum atomic E-state index is 11.9. The molecule has 0 aliphatic heterocycles. The third kappa shape index (κ3) is 2.38. The standard InChI is InChI=1S/C17H28O3/c1-3-11(2)16(18)20-15-10-12-8-13(15)9-14(12)17(19)6-4-5-7-17/h11-15,19H,3-10H2,1-2H3. The van der Waals surface area contributed by atoms with E-state index in [2.05, 4.69) is 0 Å². The van der Waals surface area contributed by atoms with Crippen LogP contribution in [0.25, 0.3) is 0 Å². The van der Waals surface area contributed by atoms with Gasteiger partial charge in [-0.05, 0) is 56.3 Å². The lowest BCUT2D eigenvalue weighted by molar-refractivity contribution is -0.157. The van der Waals surface area contributed by atoms with E-state index in [1.165, 1.54) is 12.8 Å². The molecular formula is C17H28O3. The van der Waals surface area contributed by atoms with E-state index in [0.717, 1.165) is 38.5 Å². The van der Waals surface area contributed by atoms with Gasteiger partial charge < -0.3 is 9.84 Å². The van der Waals surface area contributed by atoms with E-state index in [0.29, 0.717) is 17.8 Å². The Morgan fingerprint density at radius 2 is 1.95 bits per heavy atom. The van der Waals surface area contributed by atoms with E-state index < -0.39 is 5.60 Å². The van der Waals surface area contributed by atoms with Gasteiger partial charge in [-0.15, -0.1) is 0 Å². The first kappa shape index (κ1) is 14.4. The largest absolute Gasteiger partial charge is 0.462 e. The number of esters is 1. The molecule has 3 aliphatic carbocycles. The lowest BCUT2D eigenvalue weighted by atomic mass is 9.74. The van der Waals surface area contributed by atoms with Crippen LogP contribution in [0.3, 0.4) is 0 Å². The molecule has 0 aromatic heterocycles. The maximum Gasteiger partial charge on any atom is 0.308 e. The molecule has 2 bridgehead atoms. The van der Waals surface area contributed by atoms with Crippen LogP contribution in [0, 0.1) is 23.7 Å². The minimum absolute atomic E-state index is 0.0175. The quantitative estimate of drug-likeness (QED) is 0.804. The van der Waals surface area contributed by atoms with Gasteiger partial charge in [0.25, 0.3) is 0 Å². The summed E-state index contributed by atoms with van der Waals surface area (Å²) in [5, 5.41) is 10.8. The topological polar surface area (TPSA) is 46.5 Å². The number of carbonyl (C=O) groups excluding carboxylic acids is 1. The molecule has 114 valence electrons. The molecule has 5 atom stereocenters. The number of hydrogen-bond donors (Lipinski definition) is 1. The molecule has 3 saturated carbocycles. The number of hydrogen-bond acceptors (Lipinski definition) is 3. The van der Waals surface area contributed by atoms with Gasteiger partial charge in [-0.2, -0.15) is 0 Å². The molecule has 0 aromatic rings. The number of ether oxygens (including phenoxy) is 1. The van der Waals surface area contributed by atoms with Gasteiger partial charge in [0.15, 0.2) is 0 Å². The van der Waals surface area contributed by atoms with Crippen molar-refractivity contribution in [2.45, 2.75) is 76.9 Å². The lowest BCUT2D eigenvalue weighted by Gasteiger charge is -2.37. The van der Waals surface area contributed by atoms with E-state index in [9.17, 15) is 9.90 Å². The van der Waals surface area contributed by atoms with Crippen LogP contribution in [0.2, 0.25) is 0 Å². The first-order valence-corrected chi connectivity index (χ1v) is 8.46. The Morgan fingerprint density at radius 3 is 2.50 bits per heavy atom. The Morgan fingerprint density at radius 1 is 1.25 bits per heavy atom. The SMILES string of the molecule is CCC(C)C(=O)OC1CC2CC1CC2C1(O)CCCC1. The van der Waals surface area contributed by atoms with Crippen LogP contribution < -0.4 is 0 Å². The Kier molecular flexibility index (Phi) is 3.83. The average Bonchev–Trinajstić information content (AvgIpc) is 3.13. The van der Waals surface area contributed by atoms with Crippen molar-refractivity contribution in [1.82, 2.24) is 0 Å². The third-order valence-electron chi connectivity index (χ3n) is 6.23. The summed E-state index contributed by atoms with van der Waals surface area (Å²) in [6.07, 6.45) is 8.51. The highest BCUT2D eigenvalue weighted by atomic mass is 16.5. The normalized spacial score (nSPS) is 40.0. The molecule has 3 fully saturated rings. The zero-order valence-electron chi connectivity index (χ0n) is 12.8. The van der Waals surface area contributed by atoms with Crippen LogP contribution in [-0.4, -0.2) is 22.8 Å². The monoisotopic (exact) mass is 280 g/mol. The number of aliphatic hydroxyl groups is 1. The van der Waals surface area contributed by atoms with Gasteiger partial charge >= 0.3 is 5.97 Å². The molecular weight excluding hydrogens is 252 g/mol. The highest BCUT2D eigenvalue weighted by Gasteiger charge is 2.55. The van der Waals surface area contributed by atoms with Crippen molar-refractivity contribution >= 4 is 5.97 Å². The first-order valence-electron chi connectivity index (χ1n) is 8.46. The highest BCUT2D eigenvalue weighted by molar-refractivity contribution is 5.72. The molecule has 3 rings (SSSR count). The van der Waals surface area contributed by atoms with E-state index >= 15 is 0 Å². The Labute approximate surface area is 122 Å². The van der Waals surface area contributed by atoms with Crippen molar-refractivity contribution in [3.8, 4) is 0 Å². The fourth-order valence-corrected chi connectivity index (χ4v) is 4.82. The van der Waals surface area contributed by atoms with Crippen molar-refractivity contribution in [3.63, 3.8) is 0 Å². The predicted molar refractivity (Wildman–Crippen MR) is 77.1 cm³/mol. The molecule has 0 aromatic carbocycles. The number of rotatable bonds is 4. The summed E-state index contributed by atoms with van der Waals surface area (Å²) < 4.78 is 5.72. The van der Waals surface area contributed by atoms with Crippen molar-refractivity contribution in [1.29, 1.82) is 0 Å². The molecule has 0 amide bonds. The minimum Gasteiger partial charge on any atom is -0.462 e. The lowest BCUT2D eigenvalue weighted by Crippen LogP contribution is -2.41. The van der Waals surface area contributed by atoms with Crippen molar-refractivity contribution < 1.29 is 14.6 Å². The maximum absolute atomic E-state index is 11.9. The molecule has 0 saturated heterocycles. The van der Waals surface area contributed by atoms with Crippen LogP contribution >= 0.6 is 0 Å². The summed E-state index contributed by atoms with van der Waals surface area (Å²) in [6, 6.07) is 0. The van der Waals surface area contributed by atoms with E-state index in [1.54, 1.807) is 0 Å². The van der Waals surface area contributed by atoms with Gasteiger partial charge in [0.2, 0.25) is 0 Å². The van der Waals surface area contributed by atoms with Crippen LogP contribution in [-0.2, 0) is 9.53 Å². The molecule has 3 aliphatic rings. The van der Waals surface area contributed by atoms with Gasteiger partial charge in [-0.3, -0.25) is 4.79 Å². The summed E-state index contributed by atoms with van der Waals surface area (Å²) in [5.74, 6) is 1.54. The van der Waals surface area contributed by atoms with Gasteiger partial charge in [-0.25, -0.2) is 0 Å². The minimum atomic E-state index is -0.398. The third-order valence-corrected chi connectivity index (χ3v) is 6.23. The number of carbonyl (C=O) groups is 1. The van der Waals surface area contributed by atoms with Gasteiger partial charge in [0.05, 0.1) is 11.5 Å². The molecule has 3 nitrogen and oxygen atoms in total. The van der Waals surface area contributed by atoms with Crippen LogP contribution in [0.1, 0.15) is 65.2 Å². The Bertz CT molecular complexity index is 372. The van der Waals surface area contributed by atoms with Gasteiger partial charge in [0, 0.05) is 0 Å². The van der Waals surface area contributed by atoms with Crippen molar-refractivity contribution in [3.05, 3.63) is 0 Å². The predicted octanol–water partition coefficient (Wildman–Crippen LogP) is 3.30. The summed E-state index contributed by atoms with van der Waals surface area (Å²) in [5.41, 5.74) is -0.398. The fraction of sp³-hybridized carbons (Fsp3) is 0.941. The Hall–Kier alpha value is -0.570. The van der Waals surface area contributed by atoms with Gasteiger partial charge in [-0.1, -0.05) is 26.7 Å². The molecule has 3 heteroatoms. The number of fused-ring (bicyclic) bond motifs is 2. The second-order valence-corrected chi connectivity index (χ2v) is 7.43. The van der Waals surface area contributed by atoms with Crippen molar-refractivity contribution in [2.75, 3.05) is 0 Å². The van der Waals surface area contributed by atoms with Crippen LogP contribution in [0.15, 0.2) is 0 Å². The van der Waals surface area contributed by atoms with Gasteiger partial charge in [0.1, 0.15) is 6.10 Å². The smallest absolute Gasteiger partial charge is 0.308 e. The van der Waals surface area contributed by atoms with E-state index in [-0.39, 0.29) is 18.0 Å². The zero-order chi connectivity index (χ0) is 14.3. The highest BCUT2D eigenvalue weighted by Crippen LogP contribution is 2.56. The first-order chi connectivity index (χ1) is 9.53. The molecule has 1 N–H and O–H groups in total.